The zero-order valence-electron chi connectivity index (χ0n) is 21.8. The summed E-state index contributed by atoms with van der Waals surface area (Å²) in [5.41, 5.74) is -1.03. The zero-order chi connectivity index (χ0) is 26.4. The van der Waals surface area contributed by atoms with Gasteiger partial charge in [0.1, 0.15) is 18.9 Å². The molecule has 2 aliphatic rings. The number of rotatable bonds is 10. The minimum atomic E-state index is -1.57. The number of H-pyrrole nitrogens is 1. The van der Waals surface area contributed by atoms with E-state index in [9.17, 15) is 9.59 Å². The quantitative estimate of drug-likeness (QED) is 0.268. The highest BCUT2D eigenvalue weighted by Gasteiger charge is 2.46. The first-order valence-electron chi connectivity index (χ1n) is 12.4. The van der Waals surface area contributed by atoms with E-state index in [1.165, 1.54) is 16.8 Å². The second-order valence-electron chi connectivity index (χ2n) is 9.08. The summed E-state index contributed by atoms with van der Waals surface area (Å²) >= 11 is 0. The van der Waals surface area contributed by atoms with Gasteiger partial charge in [-0.25, -0.2) is 9.46 Å². The van der Waals surface area contributed by atoms with Crippen molar-refractivity contribution in [3.05, 3.63) is 33.1 Å². The average Bonchev–Trinajstić information content (AvgIpc) is 3.13. The van der Waals surface area contributed by atoms with Crippen LogP contribution in [0.3, 0.4) is 0 Å². The molecule has 3 heterocycles. The van der Waals surface area contributed by atoms with Gasteiger partial charge in [-0.15, -0.1) is 6.42 Å². The van der Waals surface area contributed by atoms with Gasteiger partial charge in [-0.3, -0.25) is 14.3 Å². The molecule has 0 radical (unpaired) electrons. The molecule has 1 aromatic rings. The maximum Gasteiger partial charge on any atom is 0.330 e. The van der Waals surface area contributed by atoms with E-state index in [0.717, 1.165) is 11.5 Å². The van der Waals surface area contributed by atoms with Crippen molar-refractivity contribution < 1.29 is 19.9 Å². The molecule has 12 heteroatoms. The number of nitrogens with one attached hydrogen (secondary N) is 1. The molecular weight excluding hydrogens is 509 g/mol. The zero-order valence-corrected chi connectivity index (χ0v) is 23.3. The van der Waals surface area contributed by atoms with Crippen LogP contribution in [0.2, 0.25) is 0 Å². The summed E-state index contributed by atoms with van der Waals surface area (Å²) in [5, 5.41) is 0. The summed E-state index contributed by atoms with van der Waals surface area (Å²) < 4.78 is 37.1. The smallest absolute Gasteiger partial charge is 0.330 e. The molecule has 0 spiro atoms. The Kier molecular flexibility index (Phi) is 10.2. The second-order valence-corrected chi connectivity index (χ2v) is 13.0. The number of hydrogen-bond donors (Lipinski definition) is 1. The summed E-state index contributed by atoms with van der Waals surface area (Å²) in [6, 6.07) is 1.55. The Bertz CT molecular complexity index is 997. The summed E-state index contributed by atoms with van der Waals surface area (Å²) in [7, 11) is 1.90. The Morgan fingerprint density at radius 1 is 1.29 bits per heavy atom. The maximum absolute atomic E-state index is 12.4. The maximum atomic E-state index is 12.4. The summed E-state index contributed by atoms with van der Waals surface area (Å²) in [5.74, 6) is 3.76. The first kappa shape index (κ1) is 27.2. The molecule has 3 rings (SSSR count). The van der Waals surface area contributed by atoms with E-state index in [2.05, 4.69) is 43.3 Å². The molecule has 0 aliphatic carbocycles. The van der Waals surface area contributed by atoms with E-state index in [0.29, 0.717) is 0 Å². The Hall–Kier alpha value is -0.830. The van der Waals surface area contributed by atoms with E-state index in [1.54, 1.807) is 21.6 Å². The minimum absolute atomic E-state index is 0.0417. The lowest BCUT2D eigenvalue weighted by Crippen LogP contribution is -2.42. The van der Waals surface area contributed by atoms with Crippen LogP contribution in [0.1, 0.15) is 49.1 Å². The predicted molar refractivity (Wildman–Crippen MR) is 142 cm³/mol. The minimum Gasteiger partial charge on any atom is -0.362 e. The lowest BCUT2D eigenvalue weighted by molar-refractivity contribution is -0.0190. The highest BCUT2D eigenvalue weighted by molar-refractivity contribution is 8.76. The number of aromatic nitrogens is 2. The molecular formula is C23H36N3O6PS2. The fourth-order valence-corrected chi connectivity index (χ4v) is 8.71. The molecule has 1 N–H and O–H groups in total. The van der Waals surface area contributed by atoms with Gasteiger partial charge >= 0.3 is 5.69 Å². The van der Waals surface area contributed by atoms with E-state index in [1.807, 2.05) is 6.92 Å². The third kappa shape index (κ3) is 7.14. The van der Waals surface area contributed by atoms with Crippen molar-refractivity contribution in [2.45, 2.75) is 84.2 Å². The molecule has 1 aromatic heterocycles. The molecule has 0 amide bonds. The molecule has 0 aromatic carbocycles. The SMILES string of the molecule is [2H]C[C@H]1O[C@@H](n2ccc(=O)[nH]c2=O)[C@@H](C)C1OP(OC1CSSC[C@@H]1OCC#C)N(C(C)C)C(C)C. The van der Waals surface area contributed by atoms with Gasteiger partial charge in [-0.2, -0.15) is 0 Å². The molecule has 9 nitrogen and oxygen atoms in total. The highest BCUT2D eigenvalue weighted by atomic mass is 33.1. The summed E-state index contributed by atoms with van der Waals surface area (Å²) in [4.78, 5) is 26.3. The van der Waals surface area contributed by atoms with E-state index in [-0.39, 0.29) is 43.7 Å². The van der Waals surface area contributed by atoms with E-state index < -0.39 is 38.2 Å². The van der Waals surface area contributed by atoms with Gasteiger partial charge in [0.25, 0.3) is 14.1 Å². The van der Waals surface area contributed by atoms with Crippen LogP contribution >= 0.6 is 30.1 Å². The normalized spacial score (nSPS) is 30.5. The van der Waals surface area contributed by atoms with E-state index in [4.69, 9.17) is 26.3 Å². The number of aromatic amines is 1. The third-order valence-electron chi connectivity index (χ3n) is 5.80. The van der Waals surface area contributed by atoms with Crippen molar-refractivity contribution in [1.82, 2.24) is 14.2 Å². The molecule has 0 bridgehead atoms. The van der Waals surface area contributed by atoms with Gasteiger partial charge in [0.2, 0.25) is 0 Å². The van der Waals surface area contributed by atoms with Crippen LogP contribution in [0.25, 0.3) is 0 Å². The van der Waals surface area contributed by atoms with Crippen LogP contribution in [0.15, 0.2) is 21.9 Å². The largest absolute Gasteiger partial charge is 0.362 e. The van der Waals surface area contributed by atoms with E-state index >= 15 is 0 Å². The Morgan fingerprint density at radius 3 is 2.57 bits per heavy atom. The van der Waals surface area contributed by atoms with Gasteiger partial charge in [-0.05, 0) is 34.6 Å². The molecule has 35 heavy (non-hydrogen) atoms. The number of terminal acetylenes is 1. The summed E-state index contributed by atoms with van der Waals surface area (Å²) in [6.07, 6.45) is 4.75. The van der Waals surface area contributed by atoms with Crippen molar-refractivity contribution in [3.8, 4) is 12.3 Å². The number of ether oxygens (including phenoxy) is 2. The lowest BCUT2D eigenvalue weighted by atomic mass is 10.0. The van der Waals surface area contributed by atoms with Gasteiger partial charge in [-0.1, -0.05) is 34.4 Å². The molecule has 2 fully saturated rings. The Labute approximate surface area is 217 Å². The van der Waals surface area contributed by atoms with Gasteiger partial charge in [0, 0.05) is 43.1 Å². The van der Waals surface area contributed by atoms with Crippen molar-refractivity contribution in [2.75, 3.05) is 18.1 Å². The highest BCUT2D eigenvalue weighted by Crippen LogP contribution is 2.53. The first-order valence-corrected chi connectivity index (χ1v) is 15.3. The Morgan fingerprint density at radius 2 is 1.97 bits per heavy atom. The average molecular weight is 547 g/mol. The van der Waals surface area contributed by atoms with Crippen molar-refractivity contribution in [3.63, 3.8) is 0 Å². The van der Waals surface area contributed by atoms with Crippen LogP contribution in [0.4, 0.5) is 0 Å². The fourth-order valence-electron chi connectivity index (χ4n) is 4.17. The standard InChI is InChI=1S/C23H36N3O6PS2/c1-8-11-29-18-12-34-35-13-19(18)31-33(26(14(2)3)15(4)5)32-21-16(6)22(30-17(21)7)25-10-9-20(27)24-23(25)28/h1,9-10,14-19,21-22H,11-13H2,2-7H3,(H,24,27,28)/t16-,17+,18-,19?,21?,22+,33?/m0/s1/i7D. The van der Waals surface area contributed by atoms with Crippen molar-refractivity contribution in [1.29, 1.82) is 0 Å². The predicted octanol–water partition coefficient (Wildman–Crippen LogP) is 3.62. The fraction of sp³-hybridized carbons (Fsp3) is 0.739. The monoisotopic (exact) mass is 546 g/mol. The van der Waals surface area contributed by atoms with Crippen LogP contribution in [-0.2, 0) is 18.5 Å². The van der Waals surface area contributed by atoms with Gasteiger partial charge in [0.15, 0.2) is 0 Å². The first-order chi connectivity index (χ1) is 17.2. The molecule has 0 saturated carbocycles. The molecule has 196 valence electrons. The van der Waals surface area contributed by atoms with Gasteiger partial charge in [0.05, 0.1) is 18.3 Å². The van der Waals surface area contributed by atoms with Crippen LogP contribution in [0, 0.1) is 18.3 Å². The molecule has 2 saturated heterocycles. The second kappa shape index (κ2) is 13.1. The van der Waals surface area contributed by atoms with Crippen LogP contribution in [0.5, 0.6) is 0 Å². The van der Waals surface area contributed by atoms with Gasteiger partial charge < -0.3 is 18.5 Å². The lowest BCUT2D eigenvalue weighted by Gasteiger charge is -2.41. The number of hydrogen-bond acceptors (Lipinski definition) is 9. The molecule has 2 aliphatic heterocycles. The van der Waals surface area contributed by atoms with Crippen LogP contribution < -0.4 is 11.2 Å². The topological polar surface area (TPSA) is 95.0 Å². The molecule has 7 atom stereocenters. The van der Waals surface area contributed by atoms with Crippen molar-refractivity contribution >= 4 is 30.1 Å². The van der Waals surface area contributed by atoms with Crippen molar-refractivity contribution in [2.24, 2.45) is 5.92 Å². The summed E-state index contributed by atoms with van der Waals surface area (Å²) in [6.45, 7) is 10.5. The van der Waals surface area contributed by atoms with Crippen LogP contribution in [-0.4, -0.2) is 68.8 Å². The number of nitrogens with zero attached hydrogens (tertiary/aromatic N) is 2. The molecule has 3 unspecified atom stereocenters. The Balaban J connectivity index is 1.88. The third-order valence-corrected chi connectivity index (χ3v) is 10.4.